The predicted octanol–water partition coefficient (Wildman–Crippen LogP) is 2.98. The second-order valence-electron chi connectivity index (χ2n) is 5.83. The molecule has 5 nitrogen and oxygen atoms in total. The number of nitriles is 1. The number of nitrogens with one attached hydrogen (secondary N) is 1. The first-order chi connectivity index (χ1) is 11.2. The van der Waals surface area contributed by atoms with Gasteiger partial charge in [0.05, 0.1) is 5.92 Å². The Morgan fingerprint density at radius 3 is 2.96 bits per heavy atom. The third-order valence-electron chi connectivity index (χ3n) is 4.54. The number of allylic oxidation sites excluding steroid dienone is 3. The van der Waals surface area contributed by atoms with Crippen LogP contribution in [0.1, 0.15) is 30.7 Å². The Hall–Kier alpha value is -3.00. The maximum absolute atomic E-state index is 12.5. The zero-order chi connectivity index (χ0) is 16.0. The molecular formula is C18H15N3O2. The van der Waals surface area contributed by atoms with Crippen molar-refractivity contribution in [2.24, 2.45) is 5.73 Å². The maximum atomic E-state index is 12.5. The first-order valence-electron chi connectivity index (χ1n) is 7.60. The fourth-order valence-electron chi connectivity index (χ4n) is 3.50. The summed E-state index contributed by atoms with van der Waals surface area (Å²) in [5.74, 6) is 0.318. The summed E-state index contributed by atoms with van der Waals surface area (Å²) in [6, 6.07) is 9.97. The van der Waals surface area contributed by atoms with Crippen LogP contribution in [0.3, 0.4) is 0 Å². The lowest BCUT2D eigenvalue weighted by Crippen LogP contribution is -2.27. The number of rotatable bonds is 1. The normalized spacial score (nSPS) is 21.2. The van der Waals surface area contributed by atoms with Crippen LogP contribution in [0.5, 0.6) is 0 Å². The van der Waals surface area contributed by atoms with Gasteiger partial charge in [-0.3, -0.25) is 4.79 Å². The molecule has 23 heavy (non-hydrogen) atoms. The van der Waals surface area contributed by atoms with Gasteiger partial charge in [-0.15, -0.1) is 0 Å². The number of ketones is 1. The molecule has 2 heterocycles. The Labute approximate surface area is 133 Å². The lowest BCUT2D eigenvalue weighted by molar-refractivity contribution is -0.116. The lowest BCUT2D eigenvalue weighted by Gasteiger charge is -2.30. The second kappa shape index (κ2) is 5.03. The molecule has 0 saturated heterocycles. The molecule has 0 radical (unpaired) electrons. The molecule has 5 heteroatoms. The molecule has 0 unspecified atom stereocenters. The van der Waals surface area contributed by atoms with Crippen molar-refractivity contribution in [3.63, 3.8) is 0 Å². The molecule has 0 bridgehead atoms. The van der Waals surface area contributed by atoms with E-state index >= 15 is 0 Å². The summed E-state index contributed by atoms with van der Waals surface area (Å²) < 4.78 is 5.59. The van der Waals surface area contributed by atoms with Crippen molar-refractivity contribution in [3.8, 4) is 6.07 Å². The summed E-state index contributed by atoms with van der Waals surface area (Å²) >= 11 is 0. The number of Topliss-reactive ketones (excluding diaryl/α,β-unsaturated/α-hetero) is 1. The van der Waals surface area contributed by atoms with Crippen LogP contribution in [0.4, 0.5) is 0 Å². The molecule has 1 aliphatic carbocycles. The molecule has 3 N–H and O–H groups in total. The molecule has 4 rings (SSSR count). The van der Waals surface area contributed by atoms with Crippen LogP contribution >= 0.6 is 0 Å². The Morgan fingerprint density at radius 2 is 2.13 bits per heavy atom. The molecule has 1 aromatic heterocycles. The number of aromatic nitrogens is 1. The van der Waals surface area contributed by atoms with Crippen molar-refractivity contribution in [1.82, 2.24) is 4.98 Å². The molecule has 2 aromatic rings. The summed E-state index contributed by atoms with van der Waals surface area (Å²) in [4.78, 5) is 15.7. The number of hydrogen-bond donors (Lipinski definition) is 2. The summed E-state index contributed by atoms with van der Waals surface area (Å²) in [6.07, 6.45) is 3.78. The van der Waals surface area contributed by atoms with Crippen LogP contribution < -0.4 is 5.73 Å². The first-order valence-corrected chi connectivity index (χ1v) is 7.60. The van der Waals surface area contributed by atoms with Gasteiger partial charge in [0.15, 0.2) is 5.78 Å². The van der Waals surface area contributed by atoms with Crippen LogP contribution in [0, 0.1) is 11.3 Å². The molecule has 114 valence electrons. The van der Waals surface area contributed by atoms with Crippen molar-refractivity contribution in [2.45, 2.75) is 25.2 Å². The van der Waals surface area contributed by atoms with Gasteiger partial charge in [-0.25, -0.2) is 0 Å². The van der Waals surface area contributed by atoms with E-state index in [1.54, 1.807) is 0 Å². The average Bonchev–Trinajstić information content (AvgIpc) is 2.97. The number of carbonyl (C=O) groups excluding carboxylic acids is 1. The first kappa shape index (κ1) is 13.6. The minimum Gasteiger partial charge on any atom is -0.444 e. The number of nitrogens with two attached hydrogens (primary N) is 1. The highest BCUT2D eigenvalue weighted by Crippen LogP contribution is 2.45. The number of nitrogens with zero attached hydrogens (tertiary/aromatic N) is 1. The number of benzene rings is 1. The molecule has 0 spiro atoms. The number of ether oxygens (including phenoxy) is 1. The molecule has 0 fully saturated rings. The van der Waals surface area contributed by atoms with E-state index in [1.807, 2.05) is 30.5 Å². The van der Waals surface area contributed by atoms with Gasteiger partial charge in [0.2, 0.25) is 5.88 Å². The van der Waals surface area contributed by atoms with E-state index in [2.05, 4.69) is 11.1 Å². The van der Waals surface area contributed by atoms with Gasteiger partial charge >= 0.3 is 0 Å². The highest BCUT2D eigenvalue weighted by atomic mass is 16.5. The largest absolute Gasteiger partial charge is 0.444 e. The third-order valence-corrected chi connectivity index (χ3v) is 4.54. The van der Waals surface area contributed by atoms with Crippen molar-refractivity contribution < 1.29 is 9.53 Å². The van der Waals surface area contributed by atoms with E-state index in [0.717, 1.165) is 22.9 Å². The van der Waals surface area contributed by atoms with Crippen LogP contribution in [0.25, 0.3) is 10.9 Å². The smallest absolute Gasteiger partial charge is 0.205 e. The van der Waals surface area contributed by atoms with Gasteiger partial charge in [0.25, 0.3) is 0 Å². The second-order valence-corrected chi connectivity index (χ2v) is 5.83. The Balaban J connectivity index is 1.98. The minimum atomic E-state index is -0.451. The van der Waals surface area contributed by atoms with Crippen LogP contribution in [0.2, 0.25) is 0 Å². The number of fused-ring (bicyclic) bond motifs is 1. The van der Waals surface area contributed by atoms with Gasteiger partial charge in [-0.2, -0.15) is 5.26 Å². The van der Waals surface area contributed by atoms with E-state index in [9.17, 15) is 10.1 Å². The zero-order valence-electron chi connectivity index (χ0n) is 12.4. The van der Waals surface area contributed by atoms with Crippen LogP contribution in [0.15, 0.2) is 53.3 Å². The number of H-pyrrole nitrogens is 1. The minimum absolute atomic E-state index is 0.0433. The highest BCUT2D eigenvalue weighted by Gasteiger charge is 2.38. The number of aromatic amines is 1. The molecular weight excluding hydrogens is 290 g/mol. The Morgan fingerprint density at radius 1 is 1.30 bits per heavy atom. The quantitative estimate of drug-likeness (QED) is 0.847. The average molecular weight is 305 g/mol. The molecule has 1 aromatic carbocycles. The van der Waals surface area contributed by atoms with E-state index in [0.29, 0.717) is 29.7 Å². The van der Waals surface area contributed by atoms with Gasteiger partial charge in [-0.05, 0) is 18.1 Å². The monoisotopic (exact) mass is 305 g/mol. The van der Waals surface area contributed by atoms with E-state index in [4.69, 9.17) is 10.5 Å². The van der Waals surface area contributed by atoms with E-state index in [-0.39, 0.29) is 11.7 Å². The van der Waals surface area contributed by atoms with Crippen molar-refractivity contribution in [1.29, 1.82) is 5.26 Å². The van der Waals surface area contributed by atoms with Crippen molar-refractivity contribution in [2.75, 3.05) is 0 Å². The molecule has 1 aliphatic heterocycles. The summed E-state index contributed by atoms with van der Waals surface area (Å²) in [7, 11) is 0. The molecule has 2 aliphatic rings. The van der Waals surface area contributed by atoms with Gasteiger partial charge < -0.3 is 15.5 Å². The number of carbonyl (C=O) groups is 1. The van der Waals surface area contributed by atoms with Gasteiger partial charge in [0, 0.05) is 35.5 Å². The summed E-state index contributed by atoms with van der Waals surface area (Å²) in [6.45, 7) is 0. The SMILES string of the molecule is N#CC1=C(N)OC2=C(C(=O)CCC2)[C@H]1c1c[nH]c2ccccc12. The van der Waals surface area contributed by atoms with Crippen LogP contribution in [-0.4, -0.2) is 10.8 Å². The van der Waals surface area contributed by atoms with E-state index < -0.39 is 5.92 Å². The third kappa shape index (κ3) is 1.95. The standard InChI is InChI=1S/C18H15N3O2/c19-8-11-16(12-9-21-13-5-2-1-4-10(12)13)17-14(22)6-3-7-15(17)23-18(11)20/h1-2,4-5,9,16,21H,3,6-7,20H2/t16-/m1/s1. The Kier molecular flexibility index (Phi) is 2.98. The number of hydrogen-bond acceptors (Lipinski definition) is 4. The fourth-order valence-corrected chi connectivity index (χ4v) is 3.50. The highest BCUT2D eigenvalue weighted by molar-refractivity contribution is 6.00. The van der Waals surface area contributed by atoms with Gasteiger partial charge in [0.1, 0.15) is 17.4 Å². The Bertz CT molecular complexity index is 927. The number of para-hydroxylation sites is 1. The molecule has 1 atom stereocenters. The van der Waals surface area contributed by atoms with Crippen molar-refractivity contribution >= 4 is 16.7 Å². The predicted molar refractivity (Wildman–Crippen MR) is 84.8 cm³/mol. The molecule has 0 amide bonds. The summed E-state index contributed by atoms with van der Waals surface area (Å²) in [5, 5.41) is 10.6. The summed E-state index contributed by atoms with van der Waals surface area (Å²) in [5.41, 5.74) is 8.72. The zero-order valence-corrected chi connectivity index (χ0v) is 12.4. The molecule has 0 saturated carbocycles. The van der Waals surface area contributed by atoms with Crippen LogP contribution in [-0.2, 0) is 9.53 Å². The lowest BCUT2D eigenvalue weighted by atomic mass is 9.77. The fraction of sp³-hybridized carbons (Fsp3) is 0.222. The van der Waals surface area contributed by atoms with Gasteiger partial charge in [-0.1, -0.05) is 18.2 Å². The topological polar surface area (TPSA) is 91.9 Å². The van der Waals surface area contributed by atoms with E-state index in [1.165, 1.54) is 0 Å². The van der Waals surface area contributed by atoms with Crippen molar-refractivity contribution in [3.05, 3.63) is 58.8 Å². The maximum Gasteiger partial charge on any atom is 0.205 e.